The van der Waals surface area contributed by atoms with Crippen LogP contribution in [-0.4, -0.2) is 23.1 Å². The van der Waals surface area contributed by atoms with Gasteiger partial charge in [-0.2, -0.15) is 5.10 Å². The highest BCUT2D eigenvalue weighted by Crippen LogP contribution is 2.26. The van der Waals surface area contributed by atoms with Crippen molar-refractivity contribution in [2.24, 2.45) is 16.3 Å². The molecule has 20 heavy (non-hydrogen) atoms. The first-order valence-electron chi connectivity index (χ1n) is 6.39. The van der Waals surface area contributed by atoms with E-state index in [0.29, 0.717) is 5.56 Å². The molecule has 0 spiro atoms. The van der Waals surface area contributed by atoms with Crippen LogP contribution in [0.3, 0.4) is 0 Å². The molecule has 0 saturated heterocycles. The molecule has 0 aromatic carbocycles. The van der Waals surface area contributed by atoms with Gasteiger partial charge < -0.3 is 5.73 Å². The van der Waals surface area contributed by atoms with Crippen molar-refractivity contribution in [3.05, 3.63) is 53.9 Å². The highest BCUT2D eigenvalue weighted by Gasteiger charge is 2.28. The van der Waals surface area contributed by atoms with E-state index >= 15 is 0 Å². The van der Waals surface area contributed by atoms with E-state index < -0.39 is 5.41 Å². The Labute approximate surface area is 118 Å². The van der Waals surface area contributed by atoms with E-state index in [-0.39, 0.29) is 11.9 Å². The second-order valence-electron chi connectivity index (χ2n) is 5.08. The quantitative estimate of drug-likeness (QED) is 0.647. The first-order chi connectivity index (χ1) is 9.51. The Morgan fingerprint density at radius 3 is 3.05 bits per heavy atom. The molecule has 1 aromatic rings. The molecule has 1 aliphatic rings. The summed E-state index contributed by atoms with van der Waals surface area (Å²) in [7, 11) is 0. The summed E-state index contributed by atoms with van der Waals surface area (Å²) in [5.41, 5.74) is 9.77. The SMILES string of the molecule is CC1=CC(N)C(C)(C=NNC(=O)c2cccnc2)C=C1. The van der Waals surface area contributed by atoms with Gasteiger partial charge in [0.15, 0.2) is 0 Å². The molecule has 0 bridgehead atoms. The summed E-state index contributed by atoms with van der Waals surface area (Å²) in [6, 6.07) is 3.22. The maximum absolute atomic E-state index is 11.8. The number of nitrogens with one attached hydrogen (secondary N) is 1. The average Bonchev–Trinajstić information content (AvgIpc) is 2.44. The number of nitrogens with zero attached hydrogens (tertiary/aromatic N) is 2. The van der Waals surface area contributed by atoms with Gasteiger partial charge in [0, 0.05) is 30.1 Å². The van der Waals surface area contributed by atoms with Crippen molar-refractivity contribution >= 4 is 12.1 Å². The summed E-state index contributed by atoms with van der Waals surface area (Å²) in [6.07, 6.45) is 10.7. The number of hydrogen-bond acceptors (Lipinski definition) is 4. The molecule has 0 aliphatic heterocycles. The van der Waals surface area contributed by atoms with Crippen LogP contribution in [-0.2, 0) is 0 Å². The van der Waals surface area contributed by atoms with Crippen LogP contribution >= 0.6 is 0 Å². The van der Waals surface area contributed by atoms with Crippen LogP contribution in [0.4, 0.5) is 0 Å². The molecule has 0 fully saturated rings. The van der Waals surface area contributed by atoms with Gasteiger partial charge in [-0.3, -0.25) is 9.78 Å². The van der Waals surface area contributed by atoms with E-state index in [1.54, 1.807) is 24.5 Å². The van der Waals surface area contributed by atoms with Crippen molar-refractivity contribution in [2.45, 2.75) is 19.9 Å². The molecular formula is C15H18N4O. The summed E-state index contributed by atoms with van der Waals surface area (Å²) < 4.78 is 0. The van der Waals surface area contributed by atoms with Gasteiger partial charge in [0.05, 0.1) is 5.56 Å². The highest BCUT2D eigenvalue weighted by molar-refractivity contribution is 5.94. The van der Waals surface area contributed by atoms with Crippen molar-refractivity contribution < 1.29 is 4.79 Å². The number of rotatable bonds is 3. The molecule has 1 amide bonds. The molecule has 1 aromatic heterocycles. The zero-order valence-corrected chi connectivity index (χ0v) is 11.6. The number of aromatic nitrogens is 1. The molecule has 5 nitrogen and oxygen atoms in total. The van der Waals surface area contributed by atoms with Crippen LogP contribution in [0.25, 0.3) is 0 Å². The maximum Gasteiger partial charge on any atom is 0.272 e. The van der Waals surface area contributed by atoms with Gasteiger partial charge in [-0.25, -0.2) is 5.43 Å². The normalized spacial score (nSPS) is 25.6. The molecule has 2 rings (SSSR count). The average molecular weight is 270 g/mol. The Kier molecular flexibility index (Phi) is 4.10. The minimum atomic E-state index is -0.401. The van der Waals surface area contributed by atoms with Crippen LogP contribution in [0.1, 0.15) is 24.2 Å². The van der Waals surface area contributed by atoms with Crippen molar-refractivity contribution in [3.63, 3.8) is 0 Å². The van der Waals surface area contributed by atoms with Crippen LogP contribution in [0.2, 0.25) is 0 Å². The fourth-order valence-corrected chi connectivity index (χ4v) is 1.86. The summed E-state index contributed by atoms with van der Waals surface area (Å²) in [5.74, 6) is -0.293. The van der Waals surface area contributed by atoms with Crippen LogP contribution < -0.4 is 11.2 Å². The minimum absolute atomic E-state index is 0.161. The van der Waals surface area contributed by atoms with Crippen molar-refractivity contribution in [1.29, 1.82) is 0 Å². The van der Waals surface area contributed by atoms with E-state index in [9.17, 15) is 4.79 Å². The molecule has 3 N–H and O–H groups in total. The molecule has 2 atom stereocenters. The summed E-state index contributed by atoms with van der Waals surface area (Å²) >= 11 is 0. The van der Waals surface area contributed by atoms with Gasteiger partial charge >= 0.3 is 0 Å². The lowest BCUT2D eigenvalue weighted by molar-refractivity contribution is 0.0954. The topological polar surface area (TPSA) is 80.4 Å². The standard InChI is InChI=1S/C15H18N4O/c1-11-5-6-15(2,13(16)8-11)10-18-19-14(20)12-4-3-7-17-9-12/h3-10,13H,16H2,1-2H3,(H,19,20). The van der Waals surface area contributed by atoms with Gasteiger partial charge in [-0.15, -0.1) is 0 Å². The van der Waals surface area contributed by atoms with E-state index in [2.05, 4.69) is 15.5 Å². The predicted molar refractivity (Wildman–Crippen MR) is 79.2 cm³/mol. The summed E-state index contributed by atoms with van der Waals surface area (Å²) in [5, 5.41) is 4.01. The van der Waals surface area contributed by atoms with Crippen LogP contribution in [0.5, 0.6) is 0 Å². The zero-order valence-electron chi connectivity index (χ0n) is 11.6. The van der Waals surface area contributed by atoms with Gasteiger partial charge in [0.25, 0.3) is 5.91 Å². The lowest BCUT2D eigenvalue weighted by atomic mass is 9.79. The highest BCUT2D eigenvalue weighted by atomic mass is 16.2. The molecule has 104 valence electrons. The van der Waals surface area contributed by atoms with Crippen LogP contribution in [0, 0.1) is 5.41 Å². The van der Waals surface area contributed by atoms with E-state index in [4.69, 9.17) is 5.73 Å². The Bertz CT molecular complexity index is 577. The first kappa shape index (κ1) is 14.1. The monoisotopic (exact) mass is 270 g/mol. The Hall–Kier alpha value is -2.27. The number of pyridine rings is 1. The summed E-state index contributed by atoms with van der Waals surface area (Å²) in [6.45, 7) is 3.97. The number of carbonyl (C=O) groups excluding carboxylic acids is 1. The Morgan fingerprint density at radius 2 is 2.40 bits per heavy atom. The fourth-order valence-electron chi connectivity index (χ4n) is 1.86. The van der Waals surface area contributed by atoms with E-state index in [1.807, 2.05) is 32.1 Å². The molecular weight excluding hydrogens is 252 g/mol. The molecule has 2 unspecified atom stereocenters. The van der Waals surface area contributed by atoms with Crippen molar-refractivity contribution in [2.75, 3.05) is 0 Å². The largest absolute Gasteiger partial charge is 0.323 e. The van der Waals surface area contributed by atoms with Crippen molar-refractivity contribution in [3.8, 4) is 0 Å². The fraction of sp³-hybridized carbons (Fsp3) is 0.267. The molecule has 5 heteroatoms. The van der Waals surface area contributed by atoms with Gasteiger partial charge in [0.2, 0.25) is 0 Å². The first-order valence-corrected chi connectivity index (χ1v) is 6.39. The molecule has 1 heterocycles. The van der Waals surface area contributed by atoms with Crippen molar-refractivity contribution in [1.82, 2.24) is 10.4 Å². The Morgan fingerprint density at radius 1 is 1.60 bits per heavy atom. The van der Waals surface area contributed by atoms with Crippen LogP contribution in [0.15, 0.2) is 53.4 Å². The third-order valence-corrected chi connectivity index (χ3v) is 3.30. The Balaban J connectivity index is 2.01. The second kappa shape index (κ2) is 5.79. The number of allylic oxidation sites excluding steroid dienone is 2. The number of amides is 1. The lowest BCUT2D eigenvalue weighted by Crippen LogP contribution is -2.40. The third kappa shape index (κ3) is 3.19. The minimum Gasteiger partial charge on any atom is -0.323 e. The molecule has 0 saturated carbocycles. The maximum atomic E-state index is 11.8. The molecule has 1 aliphatic carbocycles. The second-order valence-corrected chi connectivity index (χ2v) is 5.08. The number of hydrazone groups is 1. The number of carbonyl (C=O) groups is 1. The molecule has 0 radical (unpaired) electrons. The van der Waals surface area contributed by atoms with Gasteiger partial charge in [-0.1, -0.05) is 23.8 Å². The smallest absolute Gasteiger partial charge is 0.272 e. The van der Waals surface area contributed by atoms with Gasteiger partial charge in [-0.05, 0) is 26.0 Å². The van der Waals surface area contributed by atoms with E-state index in [1.165, 1.54) is 6.20 Å². The lowest BCUT2D eigenvalue weighted by Gasteiger charge is -2.29. The van der Waals surface area contributed by atoms with Gasteiger partial charge in [0.1, 0.15) is 0 Å². The number of hydrogen-bond donors (Lipinski definition) is 2. The van der Waals surface area contributed by atoms with E-state index in [0.717, 1.165) is 5.57 Å². The third-order valence-electron chi connectivity index (χ3n) is 3.30. The zero-order chi connectivity index (χ0) is 14.6. The predicted octanol–water partition coefficient (Wildman–Crippen LogP) is 1.65. The summed E-state index contributed by atoms with van der Waals surface area (Å²) in [4.78, 5) is 15.7. The number of nitrogens with two attached hydrogens (primary N) is 1.